The maximum absolute atomic E-state index is 11.9. The molecule has 0 fully saturated rings. The number of hydrogen-bond donors (Lipinski definition) is 1. The molecule has 5 nitrogen and oxygen atoms in total. The molecule has 1 N–H and O–H groups in total. The van der Waals surface area contributed by atoms with Crippen molar-refractivity contribution in [2.75, 3.05) is 0 Å². The van der Waals surface area contributed by atoms with Crippen LogP contribution in [0.4, 0.5) is 0 Å². The Morgan fingerprint density at radius 2 is 1.95 bits per heavy atom. The third kappa shape index (κ3) is 4.46. The molecule has 0 saturated heterocycles. The predicted octanol–water partition coefficient (Wildman–Crippen LogP) is 2.90. The van der Waals surface area contributed by atoms with Crippen molar-refractivity contribution in [3.8, 4) is 0 Å². The second-order valence-electron chi connectivity index (χ2n) is 4.35. The topological polar surface area (TPSA) is 68.5 Å². The van der Waals surface area contributed by atoms with Crippen molar-refractivity contribution in [2.24, 2.45) is 0 Å². The van der Waals surface area contributed by atoms with Gasteiger partial charge in [-0.05, 0) is 40.5 Å². The second-order valence-corrected chi connectivity index (χ2v) is 5.14. The van der Waals surface area contributed by atoms with Gasteiger partial charge in [-0.2, -0.15) is 0 Å². The van der Waals surface area contributed by atoms with E-state index in [0.29, 0.717) is 11.2 Å². The first kappa shape index (κ1) is 15.3. The number of rotatable bonds is 5. The number of carbonyl (C=O) groups is 2. The number of amides is 1. The number of benzene rings is 1. The number of nitrogens with one attached hydrogen (secondary N) is 1. The molecule has 1 aromatic carbocycles. The number of hydrogen-bond acceptors (Lipinski definition) is 4. The molecule has 0 saturated carbocycles. The summed E-state index contributed by atoms with van der Waals surface area (Å²) in [5.41, 5.74) is 0.972. The van der Waals surface area contributed by atoms with Crippen LogP contribution in [-0.2, 0) is 16.1 Å². The average molecular weight is 352 g/mol. The summed E-state index contributed by atoms with van der Waals surface area (Å²) >= 11 is 3.09. The van der Waals surface area contributed by atoms with Crippen molar-refractivity contribution in [3.05, 3.63) is 58.5 Å². The molecule has 110 valence electrons. The van der Waals surface area contributed by atoms with Gasteiger partial charge in [0, 0.05) is 6.54 Å². The third-order valence-electron chi connectivity index (χ3n) is 2.74. The van der Waals surface area contributed by atoms with Crippen molar-refractivity contribution in [1.82, 2.24) is 5.32 Å². The van der Waals surface area contributed by atoms with E-state index in [4.69, 9.17) is 9.15 Å². The summed E-state index contributed by atoms with van der Waals surface area (Å²) in [5, 5.41) is 2.70. The first-order chi connectivity index (χ1) is 10.1. The summed E-state index contributed by atoms with van der Waals surface area (Å²) in [7, 11) is 0. The van der Waals surface area contributed by atoms with Gasteiger partial charge in [-0.3, -0.25) is 4.79 Å². The van der Waals surface area contributed by atoms with Gasteiger partial charge in [0.25, 0.3) is 5.91 Å². The number of ether oxygens (including phenoxy) is 1. The van der Waals surface area contributed by atoms with Gasteiger partial charge in [-0.1, -0.05) is 30.3 Å². The summed E-state index contributed by atoms with van der Waals surface area (Å²) in [6.45, 7) is 1.89. The Labute approximate surface area is 130 Å². The molecule has 2 rings (SSSR count). The van der Waals surface area contributed by atoms with Crippen LogP contribution in [0.15, 0.2) is 51.6 Å². The summed E-state index contributed by atoms with van der Waals surface area (Å²) in [6.07, 6.45) is -0.898. The lowest BCUT2D eigenvalue weighted by atomic mass is 10.2. The molecule has 0 aliphatic rings. The summed E-state index contributed by atoms with van der Waals surface area (Å²) < 4.78 is 10.5. The zero-order valence-electron chi connectivity index (χ0n) is 11.3. The zero-order valence-corrected chi connectivity index (χ0v) is 12.9. The Kier molecular flexibility index (Phi) is 5.16. The molecule has 0 spiro atoms. The van der Waals surface area contributed by atoms with Crippen LogP contribution in [0.25, 0.3) is 0 Å². The van der Waals surface area contributed by atoms with Crippen LogP contribution < -0.4 is 5.32 Å². The van der Waals surface area contributed by atoms with Gasteiger partial charge < -0.3 is 14.5 Å². The normalized spacial score (nSPS) is 11.7. The van der Waals surface area contributed by atoms with Crippen LogP contribution in [0.5, 0.6) is 0 Å². The molecule has 21 heavy (non-hydrogen) atoms. The zero-order chi connectivity index (χ0) is 15.2. The van der Waals surface area contributed by atoms with Crippen LogP contribution >= 0.6 is 15.9 Å². The smallest absolute Gasteiger partial charge is 0.375 e. The monoisotopic (exact) mass is 351 g/mol. The summed E-state index contributed by atoms with van der Waals surface area (Å²) in [4.78, 5) is 23.6. The maximum atomic E-state index is 11.9. The van der Waals surface area contributed by atoms with Crippen LogP contribution in [0.1, 0.15) is 23.0 Å². The van der Waals surface area contributed by atoms with Crippen LogP contribution in [0.2, 0.25) is 0 Å². The van der Waals surface area contributed by atoms with Crippen LogP contribution in [-0.4, -0.2) is 18.0 Å². The van der Waals surface area contributed by atoms with E-state index < -0.39 is 12.1 Å². The second kappa shape index (κ2) is 7.08. The molecule has 2 aromatic rings. The van der Waals surface area contributed by atoms with Gasteiger partial charge in [0.05, 0.1) is 0 Å². The Balaban J connectivity index is 1.83. The van der Waals surface area contributed by atoms with Gasteiger partial charge in [0.1, 0.15) is 0 Å². The summed E-state index contributed by atoms with van der Waals surface area (Å²) in [6, 6.07) is 12.5. The maximum Gasteiger partial charge on any atom is 0.375 e. The third-order valence-corrected chi connectivity index (χ3v) is 3.16. The highest BCUT2D eigenvalue weighted by Crippen LogP contribution is 2.15. The Hall–Kier alpha value is -2.08. The standard InChI is InChI=1S/C15H14BrNO4/c1-10(20-15(19)12-7-8-13(16)21-12)14(18)17-9-11-5-3-2-4-6-11/h2-8,10H,9H2,1H3,(H,17,18)/t10-/m0/s1. The SMILES string of the molecule is C[C@H](OC(=O)c1ccc(Br)o1)C(=O)NCc1ccccc1. The number of carbonyl (C=O) groups excluding carboxylic acids is 2. The average Bonchev–Trinajstić information content (AvgIpc) is 2.92. The number of furan rings is 1. The fourth-order valence-electron chi connectivity index (χ4n) is 1.62. The molecule has 1 atom stereocenters. The van der Waals surface area contributed by atoms with Gasteiger partial charge in [0.2, 0.25) is 5.76 Å². The van der Waals surface area contributed by atoms with Gasteiger partial charge >= 0.3 is 5.97 Å². The van der Waals surface area contributed by atoms with E-state index in [0.717, 1.165) is 5.56 Å². The summed E-state index contributed by atoms with van der Waals surface area (Å²) in [5.74, 6) is -0.995. The largest absolute Gasteiger partial charge is 0.447 e. The lowest BCUT2D eigenvalue weighted by Gasteiger charge is -2.12. The molecule has 1 heterocycles. The van der Waals surface area contributed by atoms with Crippen molar-refractivity contribution in [2.45, 2.75) is 19.6 Å². The van der Waals surface area contributed by atoms with E-state index in [9.17, 15) is 9.59 Å². The van der Waals surface area contributed by atoms with Crippen molar-refractivity contribution in [1.29, 1.82) is 0 Å². The quantitative estimate of drug-likeness (QED) is 0.841. The van der Waals surface area contributed by atoms with Gasteiger partial charge in [-0.15, -0.1) is 0 Å². The minimum atomic E-state index is -0.898. The minimum absolute atomic E-state index is 0.0459. The van der Waals surface area contributed by atoms with E-state index >= 15 is 0 Å². The number of halogens is 1. The predicted molar refractivity (Wildman–Crippen MR) is 79.6 cm³/mol. The molecule has 0 radical (unpaired) electrons. The van der Waals surface area contributed by atoms with E-state index in [1.54, 1.807) is 6.07 Å². The van der Waals surface area contributed by atoms with E-state index in [1.165, 1.54) is 13.0 Å². The van der Waals surface area contributed by atoms with E-state index in [2.05, 4.69) is 21.2 Å². The highest BCUT2D eigenvalue weighted by molar-refractivity contribution is 9.10. The molecule has 0 bridgehead atoms. The van der Waals surface area contributed by atoms with Gasteiger partial charge in [0.15, 0.2) is 10.8 Å². The van der Waals surface area contributed by atoms with Crippen LogP contribution in [0.3, 0.4) is 0 Å². The molecule has 1 aromatic heterocycles. The highest BCUT2D eigenvalue weighted by atomic mass is 79.9. The number of esters is 1. The molecule has 0 aliphatic heterocycles. The van der Waals surface area contributed by atoms with Crippen LogP contribution in [0, 0.1) is 0 Å². The lowest BCUT2D eigenvalue weighted by Crippen LogP contribution is -2.35. The highest BCUT2D eigenvalue weighted by Gasteiger charge is 2.20. The van der Waals surface area contributed by atoms with Crippen molar-refractivity contribution < 1.29 is 18.7 Å². The molecule has 6 heteroatoms. The molecular weight excluding hydrogens is 338 g/mol. The van der Waals surface area contributed by atoms with E-state index in [-0.39, 0.29) is 11.7 Å². The Morgan fingerprint density at radius 1 is 1.24 bits per heavy atom. The first-order valence-corrected chi connectivity index (χ1v) is 7.13. The molecule has 0 aliphatic carbocycles. The first-order valence-electron chi connectivity index (χ1n) is 6.34. The fraction of sp³-hybridized carbons (Fsp3) is 0.200. The Bertz CT molecular complexity index is 624. The lowest BCUT2D eigenvalue weighted by molar-refractivity contribution is -0.129. The Morgan fingerprint density at radius 3 is 2.57 bits per heavy atom. The van der Waals surface area contributed by atoms with E-state index in [1.807, 2.05) is 30.3 Å². The van der Waals surface area contributed by atoms with Gasteiger partial charge in [-0.25, -0.2) is 4.79 Å². The molecule has 0 unspecified atom stereocenters. The van der Waals surface area contributed by atoms with Crippen molar-refractivity contribution >= 4 is 27.8 Å². The molecular formula is C15H14BrNO4. The van der Waals surface area contributed by atoms with Crippen molar-refractivity contribution in [3.63, 3.8) is 0 Å². The fourth-order valence-corrected chi connectivity index (χ4v) is 1.93. The minimum Gasteiger partial charge on any atom is -0.447 e. The molecule has 1 amide bonds.